The Labute approximate surface area is 189 Å². The first-order valence-electron chi connectivity index (χ1n) is 10.4. The molecule has 0 aliphatic carbocycles. The Morgan fingerprint density at radius 3 is 2.61 bits per heavy atom. The number of nitrogens with one attached hydrogen (secondary N) is 1. The zero-order valence-corrected chi connectivity index (χ0v) is 18.2. The maximum atomic E-state index is 13.3. The van der Waals surface area contributed by atoms with E-state index >= 15 is 0 Å². The molecular weight excluding hydrogens is 428 g/mol. The number of methoxy groups -OCH3 is 1. The van der Waals surface area contributed by atoms with Gasteiger partial charge in [-0.05, 0) is 67.1 Å². The second kappa shape index (κ2) is 9.68. The van der Waals surface area contributed by atoms with Crippen LogP contribution in [0.5, 0.6) is 11.5 Å². The molecule has 1 amide bonds. The second-order valence-corrected chi connectivity index (χ2v) is 7.56. The third kappa shape index (κ3) is 4.95. The van der Waals surface area contributed by atoms with E-state index in [1.807, 2.05) is 30.3 Å². The molecule has 1 heterocycles. The summed E-state index contributed by atoms with van der Waals surface area (Å²) in [6.07, 6.45) is 1.10. The molecule has 0 radical (unpaired) electrons. The number of benzene rings is 3. The molecule has 3 aromatic carbocycles. The van der Waals surface area contributed by atoms with Gasteiger partial charge in [0.15, 0.2) is 6.67 Å². The molecule has 170 valence electrons. The van der Waals surface area contributed by atoms with Crippen LogP contribution in [0.4, 0.5) is 8.78 Å². The van der Waals surface area contributed by atoms with Crippen molar-refractivity contribution in [2.75, 3.05) is 13.8 Å². The number of nitrogens with zero attached hydrogens (tertiary/aromatic N) is 2. The van der Waals surface area contributed by atoms with Crippen LogP contribution < -0.4 is 14.8 Å². The lowest BCUT2D eigenvalue weighted by Crippen LogP contribution is -2.39. The van der Waals surface area contributed by atoms with Crippen LogP contribution in [-0.4, -0.2) is 35.5 Å². The van der Waals surface area contributed by atoms with Crippen LogP contribution in [0, 0.1) is 5.82 Å². The van der Waals surface area contributed by atoms with E-state index in [1.165, 1.54) is 12.1 Å². The Bertz CT molecular complexity index is 1260. The van der Waals surface area contributed by atoms with Gasteiger partial charge in [-0.2, -0.15) is 5.10 Å². The van der Waals surface area contributed by atoms with E-state index in [-0.39, 0.29) is 5.82 Å². The molecule has 4 aromatic rings. The predicted molar refractivity (Wildman–Crippen MR) is 121 cm³/mol. The quantitative estimate of drug-likeness (QED) is 0.419. The number of hydrogen-bond donors (Lipinski definition) is 1. The number of fused-ring (bicyclic) bond motifs is 1. The Hall–Kier alpha value is -3.94. The van der Waals surface area contributed by atoms with Gasteiger partial charge in [-0.25, -0.2) is 13.5 Å². The maximum Gasteiger partial charge on any atom is 0.251 e. The lowest BCUT2D eigenvalue weighted by Gasteiger charge is -2.26. The summed E-state index contributed by atoms with van der Waals surface area (Å²) in [6, 6.07) is 18.3. The first kappa shape index (κ1) is 22.3. The highest BCUT2D eigenvalue weighted by atomic mass is 19.1. The predicted octanol–water partition coefficient (Wildman–Crippen LogP) is 4.77. The zero-order chi connectivity index (χ0) is 23.4. The van der Waals surface area contributed by atoms with E-state index in [0.717, 1.165) is 22.2 Å². The summed E-state index contributed by atoms with van der Waals surface area (Å²) in [5.41, 5.74) is 2.32. The molecular formula is C25H23F2N3O3. The average molecular weight is 451 g/mol. The third-order valence-corrected chi connectivity index (χ3v) is 5.26. The van der Waals surface area contributed by atoms with Gasteiger partial charge in [-0.3, -0.25) is 4.79 Å². The number of hydrogen-bond acceptors (Lipinski definition) is 4. The second-order valence-electron chi connectivity index (χ2n) is 7.56. The van der Waals surface area contributed by atoms with Crippen LogP contribution in [0.2, 0.25) is 0 Å². The topological polar surface area (TPSA) is 65.4 Å². The lowest BCUT2D eigenvalue weighted by atomic mass is 10.0. The van der Waals surface area contributed by atoms with Crippen molar-refractivity contribution in [1.29, 1.82) is 0 Å². The van der Waals surface area contributed by atoms with Gasteiger partial charge in [0.1, 0.15) is 23.4 Å². The summed E-state index contributed by atoms with van der Waals surface area (Å²) in [6.45, 7) is 0.645. The average Bonchev–Trinajstić information content (AvgIpc) is 3.26. The van der Waals surface area contributed by atoms with E-state index in [9.17, 15) is 13.6 Å². The third-order valence-electron chi connectivity index (χ3n) is 5.26. The number of rotatable bonds is 8. The van der Waals surface area contributed by atoms with Gasteiger partial charge in [0.05, 0.1) is 30.6 Å². The van der Waals surface area contributed by atoms with E-state index in [0.29, 0.717) is 11.5 Å². The molecule has 0 fully saturated rings. The summed E-state index contributed by atoms with van der Waals surface area (Å²) in [7, 11) is 1.57. The SMILES string of the molecule is COc1cccc(C(Oc2ccc3c(cnn3-c3ccc(F)cc3)c2)C(C)NC(=O)CF)c1. The Kier molecular flexibility index (Phi) is 6.53. The standard InChI is InChI=1S/C25H23F2N3O3/c1-16(29-24(31)14-26)25(17-4-3-5-21(12-17)32-2)33-22-10-11-23-18(13-22)15-28-30(23)20-8-6-19(27)7-9-20/h3-13,15-16,25H,14H2,1-2H3,(H,29,31). The van der Waals surface area contributed by atoms with Crippen molar-refractivity contribution >= 4 is 16.8 Å². The molecule has 0 aliphatic rings. The highest BCUT2D eigenvalue weighted by Crippen LogP contribution is 2.30. The molecule has 33 heavy (non-hydrogen) atoms. The van der Waals surface area contributed by atoms with Gasteiger partial charge in [0.2, 0.25) is 0 Å². The van der Waals surface area contributed by atoms with Crippen molar-refractivity contribution in [3.8, 4) is 17.2 Å². The van der Waals surface area contributed by atoms with E-state index < -0.39 is 24.7 Å². The highest BCUT2D eigenvalue weighted by molar-refractivity contribution is 5.81. The van der Waals surface area contributed by atoms with Crippen LogP contribution in [0.25, 0.3) is 16.6 Å². The van der Waals surface area contributed by atoms with Gasteiger partial charge in [0.25, 0.3) is 5.91 Å². The molecule has 1 aromatic heterocycles. The number of amides is 1. The Balaban J connectivity index is 1.65. The van der Waals surface area contributed by atoms with Gasteiger partial charge in [-0.15, -0.1) is 0 Å². The fourth-order valence-electron chi connectivity index (χ4n) is 3.66. The van der Waals surface area contributed by atoms with Gasteiger partial charge in [-0.1, -0.05) is 12.1 Å². The fourth-order valence-corrected chi connectivity index (χ4v) is 3.66. The maximum absolute atomic E-state index is 13.3. The molecule has 0 spiro atoms. The lowest BCUT2D eigenvalue weighted by molar-refractivity contribution is -0.123. The van der Waals surface area contributed by atoms with Gasteiger partial charge in [0, 0.05) is 5.39 Å². The first-order chi connectivity index (χ1) is 16.0. The molecule has 0 aliphatic heterocycles. The zero-order valence-electron chi connectivity index (χ0n) is 18.2. The van der Waals surface area contributed by atoms with Crippen LogP contribution in [0.15, 0.2) is 72.9 Å². The molecule has 2 atom stereocenters. The number of alkyl halides is 1. The molecule has 4 rings (SSSR count). The van der Waals surface area contributed by atoms with Gasteiger partial charge < -0.3 is 14.8 Å². The highest BCUT2D eigenvalue weighted by Gasteiger charge is 2.24. The normalized spacial score (nSPS) is 12.8. The number of halogens is 2. The largest absolute Gasteiger partial charge is 0.497 e. The summed E-state index contributed by atoms with van der Waals surface area (Å²) in [5.74, 6) is 0.162. The Morgan fingerprint density at radius 1 is 1.09 bits per heavy atom. The van der Waals surface area contributed by atoms with Crippen molar-refractivity contribution in [3.63, 3.8) is 0 Å². The first-order valence-corrected chi connectivity index (χ1v) is 10.4. The van der Waals surface area contributed by atoms with Gasteiger partial charge >= 0.3 is 0 Å². The summed E-state index contributed by atoms with van der Waals surface area (Å²) >= 11 is 0. The fraction of sp³-hybridized carbons (Fsp3) is 0.200. The summed E-state index contributed by atoms with van der Waals surface area (Å²) in [5, 5.41) is 7.85. The molecule has 0 bridgehead atoms. The molecule has 1 N–H and O–H groups in total. The molecule has 2 unspecified atom stereocenters. The van der Waals surface area contributed by atoms with E-state index in [1.54, 1.807) is 49.2 Å². The molecule has 0 saturated carbocycles. The number of carbonyl (C=O) groups is 1. The number of ether oxygens (including phenoxy) is 2. The minimum Gasteiger partial charge on any atom is -0.497 e. The van der Waals surface area contributed by atoms with Crippen molar-refractivity contribution in [3.05, 3.63) is 84.3 Å². The molecule has 0 saturated heterocycles. The molecule has 8 heteroatoms. The minimum absolute atomic E-state index is 0.316. The van der Waals surface area contributed by atoms with E-state index in [2.05, 4.69) is 10.4 Å². The van der Waals surface area contributed by atoms with Crippen molar-refractivity contribution < 1.29 is 23.0 Å². The van der Waals surface area contributed by atoms with Crippen LogP contribution in [-0.2, 0) is 4.79 Å². The van der Waals surface area contributed by atoms with Crippen molar-refractivity contribution in [2.45, 2.75) is 19.1 Å². The number of carbonyl (C=O) groups excluding carboxylic acids is 1. The smallest absolute Gasteiger partial charge is 0.251 e. The van der Waals surface area contributed by atoms with Crippen molar-refractivity contribution in [2.24, 2.45) is 0 Å². The Morgan fingerprint density at radius 2 is 1.88 bits per heavy atom. The van der Waals surface area contributed by atoms with E-state index in [4.69, 9.17) is 9.47 Å². The summed E-state index contributed by atoms with van der Waals surface area (Å²) < 4.78 is 39.4. The molecule has 6 nitrogen and oxygen atoms in total. The number of aromatic nitrogens is 2. The summed E-state index contributed by atoms with van der Waals surface area (Å²) in [4.78, 5) is 11.7. The van der Waals surface area contributed by atoms with Crippen LogP contribution >= 0.6 is 0 Å². The monoisotopic (exact) mass is 451 g/mol. The van der Waals surface area contributed by atoms with Crippen LogP contribution in [0.1, 0.15) is 18.6 Å². The van der Waals surface area contributed by atoms with Crippen molar-refractivity contribution in [1.82, 2.24) is 15.1 Å². The van der Waals surface area contributed by atoms with Crippen LogP contribution in [0.3, 0.4) is 0 Å². The minimum atomic E-state index is -1.11.